The summed E-state index contributed by atoms with van der Waals surface area (Å²) in [7, 11) is 1.46. The number of esters is 2. The Morgan fingerprint density at radius 3 is 1.08 bits per heavy atom. The van der Waals surface area contributed by atoms with Crippen LogP contribution < -0.4 is 0 Å². The fourth-order valence-electron chi connectivity index (χ4n) is 7.80. The van der Waals surface area contributed by atoms with E-state index in [0.29, 0.717) is 17.4 Å². The monoisotopic (exact) mass is 1050 g/mol. The summed E-state index contributed by atoms with van der Waals surface area (Å²) in [5.74, 6) is -0.811. The van der Waals surface area contributed by atoms with E-state index in [1.54, 1.807) is 0 Å². The van der Waals surface area contributed by atoms with Crippen LogP contribution in [0.3, 0.4) is 0 Å². The van der Waals surface area contributed by atoms with Crippen molar-refractivity contribution in [3.8, 4) is 0 Å². The number of hydrogen-bond acceptors (Lipinski definition) is 7. The molecule has 0 saturated heterocycles. The average Bonchev–Trinajstić information content (AvgIpc) is 3.36. The molecule has 2 unspecified atom stereocenters. The number of ether oxygens (including phenoxy) is 2. The Morgan fingerprint density at radius 1 is 0.419 bits per heavy atom. The molecule has 10 heteroatoms. The van der Waals surface area contributed by atoms with Crippen molar-refractivity contribution in [2.24, 2.45) is 0 Å². The molecule has 0 saturated carbocycles. The fraction of sp³-hybridized carbons (Fsp3) is 0.688. The Kier molecular flexibility index (Phi) is 52.0. The van der Waals surface area contributed by atoms with Crippen molar-refractivity contribution in [1.82, 2.24) is 0 Å². The van der Waals surface area contributed by atoms with Gasteiger partial charge in [-0.05, 0) is 96.3 Å². The van der Waals surface area contributed by atoms with Gasteiger partial charge in [0, 0.05) is 12.8 Å². The van der Waals surface area contributed by atoms with Crippen LogP contribution in [0.1, 0.15) is 232 Å². The van der Waals surface area contributed by atoms with E-state index in [2.05, 4.69) is 123 Å². The number of quaternary nitrogens is 1. The third kappa shape index (κ3) is 57.9. The van der Waals surface area contributed by atoms with Gasteiger partial charge in [-0.1, -0.05) is 232 Å². The van der Waals surface area contributed by atoms with Gasteiger partial charge in [-0.3, -0.25) is 18.6 Å². The number of hydrogen-bond donors (Lipinski definition) is 1. The number of phosphoric acid groups is 1. The number of unbranched alkanes of at least 4 members (excludes halogenated alkanes) is 21. The highest BCUT2D eigenvalue weighted by Gasteiger charge is 2.27. The zero-order valence-electron chi connectivity index (χ0n) is 48.0. The quantitative estimate of drug-likeness (QED) is 0.0211. The van der Waals surface area contributed by atoms with Gasteiger partial charge in [0.1, 0.15) is 19.8 Å². The highest BCUT2D eigenvalue weighted by Crippen LogP contribution is 2.43. The maximum absolute atomic E-state index is 12.8. The summed E-state index contributed by atoms with van der Waals surface area (Å²) in [5, 5.41) is 0. The topological polar surface area (TPSA) is 108 Å². The highest BCUT2D eigenvalue weighted by atomic mass is 31.2. The van der Waals surface area contributed by atoms with Gasteiger partial charge in [0.15, 0.2) is 6.10 Å². The Balaban J connectivity index is 4.17. The maximum Gasteiger partial charge on any atom is 0.472 e. The number of carbonyl (C=O) groups excluding carboxylic acids is 2. The Bertz CT molecular complexity index is 1620. The molecular formula is C64H111NO8P+. The molecule has 0 aromatic heterocycles. The molecule has 0 aliphatic rings. The summed E-state index contributed by atoms with van der Waals surface area (Å²) in [4.78, 5) is 35.7. The van der Waals surface area contributed by atoms with E-state index < -0.39 is 26.5 Å². The van der Waals surface area contributed by atoms with Crippen LogP contribution in [0, 0.1) is 0 Å². The normalized spacial score (nSPS) is 14.1. The minimum absolute atomic E-state index is 0.0251. The van der Waals surface area contributed by atoms with E-state index in [0.717, 1.165) is 109 Å². The first-order valence-electron chi connectivity index (χ1n) is 29.6. The fourth-order valence-corrected chi connectivity index (χ4v) is 8.54. The number of rotatable bonds is 53. The number of allylic oxidation sites excluding steroid dienone is 18. The molecule has 0 bridgehead atoms. The zero-order chi connectivity index (χ0) is 54.2. The van der Waals surface area contributed by atoms with Crippen molar-refractivity contribution in [2.45, 2.75) is 238 Å². The third-order valence-corrected chi connectivity index (χ3v) is 13.3. The van der Waals surface area contributed by atoms with Gasteiger partial charge in [-0.2, -0.15) is 0 Å². The summed E-state index contributed by atoms with van der Waals surface area (Å²) < 4.78 is 34.6. The Hall–Kier alpha value is -3.33. The van der Waals surface area contributed by atoms with Crippen molar-refractivity contribution >= 4 is 19.8 Å². The molecule has 2 atom stereocenters. The second kappa shape index (κ2) is 54.5. The van der Waals surface area contributed by atoms with E-state index in [1.165, 1.54) is 89.9 Å². The van der Waals surface area contributed by atoms with Crippen LogP contribution in [0.2, 0.25) is 0 Å². The van der Waals surface area contributed by atoms with Crippen LogP contribution in [-0.4, -0.2) is 74.9 Å². The SMILES string of the molecule is CC/C=C\C/C=C\C/C=C\C/C=C\C/C=C\CCCCCCCCCCCCCCCC(=O)OC(COC(=O)CCCCCCCCCC/C=C\C/C=C\C/C=C\C/C=C\CC)COP(=O)(O)OCC[N+](C)(C)C. The van der Waals surface area contributed by atoms with Crippen LogP contribution in [0.4, 0.5) is 0 Å². The number of nitrogens with zero attached hydrogens (tertiary/aromatic N) is 1. The molecular weight excluding hydrogens is 942 g/mol. The molecule has 0 aliphatic carbocycles. The van der Waals surface area contributed by atoms with Crippen LogP contribution in [0.15, 0.2) is 109 Å². The molecule has 0 radical (unpaired) electrons. The van der Waals surface area contributed by atoms with Crippen molar-refractivity contribution in [3.63, 3.8) is 0 Å². The maximum atomic E-state index is 12.8. The van der Waals surface area contributed by atoms with Crippen LogP contribution in [-0.2, 0) is 32.7 Å². The molecule has 0 spiro atoms. The first kappa shape index (κ1) is 70.7. The molecule has 0 rings (SSSR count). The molecule has 424 valence electrons. The summed E-state index contributed by atoms with van der Waals surface area (Å²) in [6.07, 6.45) is 75.8. The lowest BCUT2D eigenvalue weighted by molar-refractivity contribution is -0.870. The van der Waals surface area contributed by atoms with Gasteiger partial charge in [-0.15, -0.1) is 0 Å². The van der Waals surface area contributed by atoms with E-state index in [-0.39, 0.29) is 32.0 Å². The Labute approximate surface area is 455 Å². The smallest absolute Gasteiger partial charge is 0.462 e. The van der Waals surface area contributed by atoms with Gasteiger partial charge < -0.3 is 18.9 Å². The Morgan fingerprint density at radius 2 is 0.730 bits per heavy atom. The summed E-state index contributed by atoms with van der Waals surface area (Å²) in [6, 6.07) is 0. The molecule has 1 N–H and O–H groups in total. The lowest BCUT2D eigenvalue weighted by Gasteiger charge is -2.24. The molecule has 0 aromatic carbocycles. The van der Waals surface area contributed by atoms with Gasteiger partial charge in [-0.25, -0.2) is 4.57 Å². The second-order valence-electron chi connectivity index (χ2n) is 20.6. The third-order valence-electron chi connectivity index (χ3n) is 12.3. The predicted molar refractivity (Wildman–Crippen MR) is 316 cm³/mol. The van der Waals surface area contributed by atoms with Crippen molar-refractivity contribution < 1.29 is 42.1 Å². The largest absolute Gasteiger partial charge is 0.472 e. The number of likely N-dealkylation sites (N-methyl/N-ethyl adjacent to an activating group) is 1. The molecule has 0 heterocycles. The first-order valence-corrected chi connectivity index (χ1v) is 31.1. The van der Waals surface area contributed by atoms with Crippen LogP contribution in [0.25, 0.3) is 0 Å². The van der Waals surface area contributed by atoms with Crippen LogP contribution >= 0.6 is 7.82 Å². The van der Waals surface area contributed by atoms with Crippen LogP contribution in [0.5, 0.6) is 0 Å². The highest BCUT2D eigenvalue weighted by molar-refractivity contribution is 7.47. The molecule has 0 aromatic rings. The lowest BCUT2D eigenvalue weighted by Crippen LogP contribution is -2.37. The summed E-state index contributed by atoms with van der Waals surface area (Å²) in [6.45, 7) is 4.20. The van der Waals surface area contributed by atoms with E-state index in [9.17, 15) is 19.0 Å². The summed E-state index contributed by atoms with van der Waals surface area (Å²) >= 11 is 0. The number of carbonyl (C=O) groups is 2. The second-order valence-corrected chi connectivity index (χ2v) is 22.1. The van der Waals surface area contributed by atoms with Crippen molar-refractivity contribution in [1.29, 1.82) is 0 Å². The molecule has 0 amide bonds. The number of phosphoric ester groups is 1. The van der Waals surface area contributed by atoms with Gasteiger partial charge in [0.05, 0.1) is 27.7 Å². The molecule has 0 fully saturated rings. The first-order chi connectivity index (χ1) is 36.0. The van der Waals surface area contributed by atoms with E-state index in [4.69, 9.17) is 18.5 Å². The van der Waals surface area contributed by atoms with Gasteiger partial charge in [0.25, 0.3) is 0 Å². The minimum atomic E-state index is -4.40. The molecule has 0 aliphatic heterocycles. The zero-order valence-corrected chi connectivity index (χ0v) is 48.9. The summed E-state index contributed by atoms with van der Waals surface area (Å²) in [5.41, 5.74) is 0. The lowest BCUT2D eigenvalue weighted by atomic mass is 10.0. The minimum Gasteiger partial charge on any atom is -0.462 e. The van der Waals surface area contributed by atoms with E-state index >= 15 is 0 Å². The molecule has 74 heavy (non-hydrogen) atoms. The van der Waals surface area contributed by atoms with Gasteiger partial charge in [0.2, 0.25) is 0 Å². The van der Waals surface area contributed by atoms with E-state index in [1.807, 2.05) is 21.1 Å². The van der Waals surface area contributed by atoms with Crippen molar-refractivity contribution in [3.05, 3.63) is 109 Å². The van der Waals surface area contributed by atoms with Crippen molar-refractivity contribution in [2.75, 3.05) is 47.5 Å². The average molecular weight is 1050 g/mol. The standard InChI is InChI=1S/C64H110NO8P/c1-6-8-10-12-14-16-18-20-22-24-26-28-29-30-31-32-33-34-35-37-39-41-43-45-47-49-51-53-55-57-64(67)73-62(61-72-74(68,69)71-59-58-65(3,4)5)60-70-63(66)56-54-52-50-48-46-44-42-40-38-36-27-25-23-21-19-17-15-13-11-9-7-2/h8-11,14-17,20-23,26-28,30-31,36,62H,6-7,12-13,18-19,24-25,29,32-35,37-61H2,1-5H3/p+1/b10-8-,11-9-,16-14-,17-15-,22-20-,23-21-,28-26-,31-30-,36-27-. The predicted octanol–water partition coefficient (Wildman–Crippen LogP) is 18.6. The molecule has 9 nitrogen and oxygen atoms in total. The van der Waals surface area contributed by atoms with Gasteiger partial charge >= 0.3 is 19.8 Å².